The number of ether oxygens (including phenoxy) is 4. The van der Waals surface area contributed by atoms with Crippen LogP contribution in [0.3, 0.4) is 0 Å². The molecule has 0 atom stereocenters. The highest BCUT2D eigenvalue weighted by Crippen LogP contribution is 2.35. The summed E-state index contributed by atoms with van der Waals surface area (Å²) in [4.78, 5) is 0. The zero-order valence-corrected chi connectivity index (χ0v) is 13.2. The van der Waals surface area contributed by atoms with Gasteiger partial charge in [0.25, 0.3) is 0 Å². The van der Waals surface area contributed by atoms with E-state index in [0.29, 0.717) is 18.9 Å². The van der Waals surface area contributed by atoms with Gasteiger partial charge in [0, 0.05) is 11.6 Å². The van der Waals surface area contributed by atoms with E-state index in [-0.39, 0.29) is 6.79 Å². The van der Waals surface area contributed by atoms with E-state index >= 15 is 0 Å². The molecule has 1 heterocycles. The van der Waals surface area contributed by atoms with E-state index in [2.05, 4.69) is 12.1 Å². The Bertz CT molecular complexity index is 672. The second-order valence-electron chi connectivity index (χ2n) is 5.34. The average Bonchev–Trinajstić information content (AvgIpc) is 3.05. The van der Waals surface area contributed by atoms with Crippen molar-refractivity contribution < 1.29 is 18.9 Å². The van der Waals surface area contributed by atoms with Crippen molar-refractivity contribution in [3.8, 4) is 23.0 Å². The molecule has 0 amide bonds. The van der Waals surface area contributed by atoms with Crippen LogP contribution in [-0.2, 0) is 13.0 Å². The number of fused-ring (bicyclic) bond motifs is 1. The molecule has 0 bridgehead atoms. The zero-order valence-electron chi connectivity index (χ0n) is 13.2. The Morgan fingerprint density at radius 1 is 1.09 bits per heavy atom. The molecule has 0 aliphatic carbocycles. The Kier molecular flexibility index (Phi) is 4.88. The fourth-order valence-corrected chi connectivity index (χ4v) is 2.53. The number of aryl methyl sites for hydroxylation is 1. The number of benzene rings is 2. The van der Waals surface area contributed by atoms with E-state index in [1.165, 1.54) is 5.56 Å². The molecule has 2 aromatic carbocycles. The Morgan fingerprint density at radius 2 is 1.96 bits per heavy atom. The van der Waals surface area contributed by atoms with Crippen molar-refractivity contribution in [1.82, 2.24) is 0 Å². The third-order valence-corrected chi connectivity index (χ3v) is 3.75. The molecule has 2 aromatic rings. The highest BCUT2D eigenvalue weighted by atomic mass is 16.7. The Labute approximate surface area is 135 Å². The number of hydrogen-bond donors (Lipinski definition) is 1. The van der Waals surface area contributed by atoms with Gasteiger partial charge in [0.2, 0.25) is 6.79 Å². The smallest absolute Gasteiger partial charge is 0.231 e. The van der Waals surface area contributed by atoms with E-state index in [0.717, 1.165) is 35.7 Å². The topological polar surface area (TPSA) is 62.9 Å². The van der Waals surface area contributed by atoms with Gasteiger partial charge in [-0.3, -0.25) is 0 Å². The van der Waals surface area contributed by atoms with Crippen LogP contribution in [0.1, 0.15) is 17.5 Å². The van der Waals surface area contributed by atoms with Gasteiger partial charge >= 0.3 is 0 Å². The summed E-state index contributed by atoms with van der Waals surface area (Å²) in [6, 6.07) is 11.7. The van der Waals surface area contributed by atoms with Gasteiger partial charge < -0.3 is 24.7 Å². The molecule has 122 valence electrons. The average molecular weight is 315 g/mol. The van der Waals surface area contributed by atoms with Gasteiger partial charge in [0.05, 0.1) is 7.11 Å². The predicted molar refractivity (Wildman–Crippen MR) is 87.3 cm³/mol. The fraction of sp³-hybridized carbons (Fsp3) is 0.333. The molecule has 0 aromatic heterocycles. The van der Waals surface area contributed by atoms with Crippen molar-refractivity contribution in [1.29, 1.82) is 0 Å². The molecule has 5 heteroatoms. The first-order chi connectivity index (χ1) is 11.3. The summed E-state index contributed by atoms with van der Waals surface area (Å²) in [5.74, 6) is 3.02. The van der Waals surface area contributed by atoms with Gasteiger partial charge in [-0.25, -0.2) is 0 Å². The summed E-state index contributed by atoms with van der Waals surface area (Å²) >= 11 is 0. The lowest BCUT2D eigenvalue weighted by atomic mass is 10.1. The molecule has 1 aliphatic heterocycles. The molecular formula is C18H21NO4. The molecule has 0 fully saturated rings. The zero-order chi connectivity index (χ0) is 16.1. The summed E-state index contributed by atoms with van der Waals surface area (Å²) in [5, 5.41) is 0. The summed E-state index contributed by atoms with van der Waals surface area (Å²) in [6.45, 7) is 1.38. The molecule has 2 N–H and O–H groups in total. The maximum absolute atomic E-state index is 5.88. The maximum atomic E-state index is 5.88. The van der Waals surface area contributed by atoms with Gasteiger partial charge in [-0.05, 0) is 49.2 Å². The maximum Gasteiger partial charge on any atom is 0.231 e. The first kappa shape index (κ1) is 15.5. The van der Waals surface area contributed by atoms with Crippen LogP contribution >= 0.6 is 0 Å². The van der Waals surface area contributed by atoms with Crippen molar-refractivity contribution in [2.75, 3.05) is 20.4 Å². The van der Waals surface area contributed by atoms with Gasteiger partial charge in [-0.2, -0.15) is 0 Å². The van der Waals surface area contributed by atoms with Gasteiger partial charge in [-0.15, -0.1) is 0 Å². The third-order valence-electron chi connectivity index (χ3n) is 3.75. The van der Waals surface area contributed by atoms with Gasteiger partial charge in [0.1, 0.15) is 18.1 Å². The first-order valence-electron chi connectivity index (χ1n) is 7.68. The van der Waals surface area contributed by atoms with E-state index in [9.17, 15) is 0 Å². The van der Waals surface area contributed by atoms with E-state index < -0.39 is 0 Å². The van der Waals surface area contributed by atoms with Crippen LogP contribution in [0, 0.1) is 0 Å². The predicted octanol–water partition coefficient (Wildman–Crippen LogP) is 2.89. The number of nitrogens with two attached hydrogens (primary N) is 1. The quantitative estimate of drug-likeness (QED) is 0.851. The Balaban J connectivity index is 1.71. The Morgan fingerprint density at radius 3 is 2.78 bits per heavy atom. The second kappa shape index (κ2) is 7.24. The lowest BCUT2D eigenvalue weighted by Crippen LogP contribution is -2.03. The number of methoxy groups -OCH3 is 1. The molecule has 5 nitrogen and oxygen atoms in total. The van der Waals surface area contributed by atoms with Crippen LogP contribution in [0.5, 0.6) is 23.0 Å². The minimum atomic E-state index is 0.260. The van der Waals surface area contributed by atoms with Crippen molar-refractivity contribution >= 4 is 0 Å². The minimum absolute atomic E-state index is 0.260. The highest BCUT2D eigenvalue weighted by Gasteiger charge is 2.14. The minimum Gasteiger partial charge on any atom is -0.496 e. The number of hydrogen-bond acceptors (Lipinski definition) is 5. The van der Waals surface area contributed by atoms with Gasteiger partial charge in [-0.1, -0.05) is 6.07 Å². The van der Waals surface area contributed by atoms with Crippen LogP contribution in [0.25, 0.3) is 0 Å². The summed E-state index contributed by atoms with van der Waals surface area (Å²) < 4.78 is 22.0. The lowest BCUT2D eigenvalue weighted by molar-refractivity contribution is 0.173. The lowest BCUT2D eigenvalue weighted by Gasteiger charge is -2.12. The molecule has 1 aliphatic rings. The van der Waals surface area contributed by atoms with E-state index in [1.54, 1.807) is 7.11 Å². The van der Waals surface area contributed by atoms with Crippen molar-refractivity contribution in [2.24, 2.45) is 5.73 Å². The van der Waals surface area contributed by atoms with Crippen molar-refractivity contribution in [3.63, 3.8) is 0 Å². The first-order valence-corrected chi connectivity index (χ1v) is 7.68. The largest absolute Gasteiger partial charge is 0.496 e. The molecule has 0 unspecified atom stereocenters. The van der Waals surface area contributed by atoms with Crippen LogP contribution in [0.2, 0.25) is 0 Å². The van der Waals surface area contributed by atoms with Crippen LogP contribution in [-0.4, -0.2) is 20.4 Å². The van der Waals surface area contributed by atoms with Crippen molar-refractivity contribution in [2.45, 2.75) is 19.4 Å². The number of rotatable bonds is 7. The highest BCUT2D eigenvalue weighted by molar-refractivity contribution is 5.47. The molecule has 0 saturated heterocycles. The molecule has 0 radical (unpaired) electrons. The standard InChI is InChI=1S/C18H21NO4/c1-20-16-6-4-13(3-2-8-19)9-14(16)11-21-15-5-7-17-18(10-15)23-12-22-17/h4-7,9-10H,2-3,8,11-12,19H2,1H3. The molecule has 3 rings (SSSR count). The molecule has 23 heavy (non-hydrogen) atoms. The third kappa shape index (κ3) is 3.68. The SMILES string of the molecule is COc1ccc(CCCN)cc1COc1ccc2c(c1)OCO2. The van der Waals surface area contributed by atoms with E-state index in [4.69, 9.17) is 24.7 Å². The van der Waals surface area contributed by atoms with Crippen LogP contribution in [0.4, 0.5) is 0 Å². The Hall–Kier alpha value is -2.40. The normalized spacial score (nSPS) is 12.3. The molecular weight excluding hydrogens is 294 g/mol. The fourth-order valence-electron chi connectivity index (χ4n) is 2.53. The summed E-state index contributed by atoms with van der Waals surface area (Å²) in [5.41, 5.74) is 7.83. The molecule has 0 spiro atoms. The van der Waals surface area contributed by atoms with E-state index in [1.807, 2.05) is 24.3 Å². The molecule has 0 saturated carbocycles. The second-order valence-corrected chi connectivity index (χ2v) is 5.34. The van der Waals surface area contributed by atoms with Crippen molar-refractivity contribution in [3.05, 3.63) is 47.5 Å². The van der Waals surface area contributed by atoms with Crippen LogP contribution < -0.4 is 24.7 Å². The summed E-state index contributed by atoms with van der Waals surface area (Å²) in [6.07, 6.45) is 1.92. The van der Waals surface area contributed by atoms with Crippen LogP contribution in [0.15, 0.2) is 36.4 Å². The summed E-state index contributed by atoms with van der Waals surface area (Å²) in [7, 11) is 1.67. The van der Waals surface area contributed by atoms with Gasteiger partial charge in [0.15, 0.2) is 11.5 Å². The monoisotopic (exact) mass is 315 g/mol.